The Bertz CT molecular complexity index is 1180. The molecule has 0 heterocycles. The minimum Gasteiger partial charge on any atom is -0.267 e. The number of hydrazone groups is 1. The first-order valence-corrected chi connectivity index (χ1v) is 12.4. The summed E-state index contributed by atoms with van der Waals surface area (Å²) in [5.74, 6) is -0.334. The van der Waals surface area contributed by atoms with E-state index >= 15 is 0 Å². The van der Waals surface area contributed by atoms with Gasteiger partial charge in [-0.15, -0.1) is 0 Å². The van der Waals surface area contributed by atoms with Crippen molar-refractivity contribution in [2.24, 2.45) is 5.10 Å². The molecule has 0 aliphatic heterocycles. The number of rotatable bonds is 7. The Balaban J connectivity index is 1.69. The van der Waals surface area contributed by atoms with Crippen LogP contribution < -0.4 is 9.73 Å². The third-order valence-electron chi connectivity index (χ3n) is 4.57. The minimum atomic E-state index is -3.45. The standard InChI is InChI=1S/C23H22IN3O3S/c1-17(19-12-14-21(24)15-13-19)25-26-23(28)20-10-8-18(9-11-20)16-27(31(2,29)30)22-6-4-3-5-7-22/h3-15H,16H2,1-2H3,(H,26,28)/b25-17+. The first-order chi connectivity index (χ1) is 14.7. The molecule has 160 valence electrons. The fourth-order valence-corrected chi connectivity index (χ4v) is 4.12. The number of sulfonamides is 1. The minimum absolute atomic E-state index is 0.175. The number of carbonyl (C=O) groups is 1. The van der Waals surface area contributed by atoms with E-state index < -0.39 is 10.0 Å². The van der Waals surface area contributed by atoms with Gasteiger partial charge in [-0.25, -0.2) is 13.8 Å². The van der Waals surface area contributed by atoms with Gasteiger partial charge in [0.1, 0.15) is 0 Å². The molecule has 0 aliphatic rings. The van der Waals surface area contributed by atoms with Crippen molar-refractivity contribution >= 4 is 49.9 Å². The van der Waals surface area contributed by atoms with Crippen LogP contribution >= 0.6 is 22.6 Å². The Hall–Kier alpha value is -2.72. The quantitative estimate of drug-likeness (QED) is 0.271. The highest BCUT2D eigenvalue weighted by Crippen LogP contribution is 2.20. The molecule has 8 heteroatoms. The summed E-state index contributed by atoms with van der Waals surface area (Å²) in [7, 11) is -3.45. The van der Waals surface area contributed by atoms with Crippen molar-refractivity contribution in [3.63, 3.8) is 0 Å². The van der Waals surface area contributed by atoms with Crippen LogP contribution in [0.15, 0.2) is 84.0 Å². The van der Waals surface area contributed by atoms with Crippen LogP contribution in [-0.4, -0.2) is 26.3 Å². The molecule has 0 unspecified atom stereocenters. The molecule has 0 atom stereocenters. The smallest absolute Gasteiger partial charge is 0.267 e. The van der Waals surface area contributed by atoms with Crippen LogP contribution in [0.1, 0.15) is 28.4 Å². The van der Waals surface area contributed by atoms with Gasteiger partial charge in [-0.3, -0.25) is 9.10 Å². The maximum absolute atomic E-state index is 12.4. The average Bonchev–Trinajstić information content (AvgIpc) is 2.76. The van der Waals surface area contributed by atoms with E-state index in [4.69, 9.17) is 0 Å². The predicted molar refractivity (Wildman–Crippen MR) is 133 cm³/mol. The summed E-state index contributed by atoms with van der Waals surface area (Å²) >= 11 is 2.23. The number of hydrogen-bond acceptors (Lipinski definition) is 4. The first kappa shape index (κ1) is 23.0. The number of benzene rings is 3. The van der Waals surface area contributed by atoms with Gasteiger partial charge in [-0.05, 0) is 77.0 Å². The molecular formula is C23H22IN3O3S. The molecule has 1 N–H and O–H groups in total. The molecule has 1 amide bonds. The summed E-state index contributed by atoms with van der Waals surface area (Å²) < 4.78 is 26.9. The molecule has 0 bridgehead atoms. The highest BCUT2D eigenvalue weighted by atomic mass is 127. The zero-order valence-electron chi connectivity index (χ0n) is 17.1. The van der Waals surface area contributed by atoms with Crippen molar-refractivity contribution in [1.29, 1.82) is 0 Å². The van der Waals surface area contributed by atoms with Crippen LogP contribution in [-0.2, 0) is 16.6 Å². The van der Waals surface area contributed by atoms with Crippen molar-refractivity contribution in [2.75, 3.05) is 10.6 Å². The van der Waals surface area contributed by atoms with Gasteiger partial charge < -0.3 is 0 Å². The number of nitrogens with one attached hydrogen (secondary N) is 1. The summed E-state index contributed by atoms with van der Waals surface area (Å²) in [6.45, 7) is 2.00. The largest absolute Gasteiger partial charge is 0.271 e. The van der Waals surface area contributed by atoms with Gasteiger partial charge >= 0.3 is 0 Å². The molecule has 0 fully saturated rings. The van der Waals surface area contributed by atoms with Gasteiger partial charge in [-0.1, -0.05) is 42.5 Å². The Morgan fingerprint density at radius 1 is 0.935 bits per heavy atom. The zero-order chi connectivity index (χ0) is 22.4. The summed E-state index contributed by atoms with van der Waals surface area (Å²) in [6.07, 6.45) is 1.18. The molecule has 0 aliphatic carbocycles. The van der Waals surface area contributed by atoms with Crippen molar-refractivity contribution < 1.29 is 13.2 Å². The second kappa shape index (κ2) is 10.1. The third-order valence-corrected chi connectivity index (χ3v) is 6.43. The lowest BCUT2D eigenvalue weighted by atomic mass is 10.1. The number of nitrogens with zero attached hydrogens (tertiary/aromatic N) is 2. The second-order valence-electron chi connectivity index (χ2n) is 6.95. The summed E-state index contributed by atoms with van der Waals surface area (Å²) in [6, 6.07) is 23.6. The van der Waals surface area contributed by atoms with Crippen LogP contribution in [0.5, 0.6) is 0 Å². The summed E-state index contributed by atoms with van der Waals surface area (Å²) in [5.41, 5.74) is 5.99. The molecule has 31 heavy (non-hydrogen) atoms. The normalized spacial score (nSPS) is 11.8. The number of amides is 1. The lowest BCUT2D eigenvalue weighted by Gasteiger charge is -2.22. The number of anilines is 1. The van der Waals surface area contributed by atoms with E-state index in [-0.39, 0.29) is 12.5 Å². The maximum atomic E-state index is 12.4. The predicted octanol–water partition coefficient (Wildman–Crippen LogP) is 4.41. The average molecular weight is 547 g/mol. The second-order valence-corrected chi connectivity index (χ2v) is 10.1. The highest BCUT2D eigenvalue weighted by molar-refractivity contribution is 14.1. The SMILES string of the molecule is C/C(=N\NC(=O)c1ccc(CN(c2ccccc2)S(C)(=O)=O)cc1)c1ccc(I)cc1. The Morgan fingerprint density at radius 2 is 1.52 bits per heavy atom. The molecule has 0 saturated carbocycles. The summed E-state index contributed by atoms with van der Waals surface area (Å²) in [4.78, 5) is 12.4. The van der Waals surface area contributed by atoms with E-state index in [9.17, 15) is 13.2 Å². The topological polar surface area (TPSA) is 78.8 Å². The van der Waals surface area contributed by atoms with Crippen molar-refractivity contribution in [3.8, 4) is 0 Å². The van der Waals surface area contributed by atoms with Crippen LogP contribution in [0.25, 0.3) is 0 Å². The zero-order valence-corrected chi connectivity index (χ0v) is 20.1. The van der Waals surface area contributed by atoms with E-state index in [0.717, 1.165) is 14.7 Å². The number of hydrogen-bond donors (Lipinski definition) is 1. The third kappa shape index (κ3) is 6.38. The Labute approximate surface area is 196 Å². The Kier molecular flexibility index (Phi) is 7.45. The van der Waals surface area contributed by atoms with E-state index in [1.165, 1.54) is 10.6 Å². The molecule has 6 nitrogen and oxygen atoms in total. The van der Waals surface area contributed by atoms with Gasteiger partial charge in [0, 0.05) is 9.13 Å². The van der Waals surface area contributed by atoms with Crippen LogP contribution in [0.3, 0.4) is 0 Å². The lowest BCUT2D eigenvalue weighted by Crippen LogP contribution is -2.29. The molecule has 0 spiro atoms. The highest BCUT2D eigenvalue weighted by Gasteiger charge is 2.17. The first-order valence-electron chi connectivity index (χ1n) is 9.46. The van der Waals surface area contributed by atoms with E-state index in [2.05, 4.69) is 33.1 Å². The number of halogens is 1. The van der Waals surface area contributed by atoms with E-state index in [1.54, 1.807) is 48.5 Å². The summed E-state index contributed by atoms with van der Waals surface area (Å²) in [5, 5.41) is 4.17. The molecule has 3 aromatic carbocycles. The molecule has 0 saturated heterocycles. The van der Waals surface area contributed by atoms with E-state index in [1.807, 2.05) is 37.3 Å². The van der Waals surface area contributed by atoms with Crippen LogP contribution in [0.4, 0.5) is 5.69 Å². The number of carbonyl (C=O) groups excluding carboxylic acids is 1. The monoisotopic (exact) mass is 547 g/mol. The lowest BCUT2D eigenvalue weighted by molar-refractivity contribution is 0.0955. The van der Waals surface area contributed by atoms with Crippen molar-refractivity contribution in [1.82, 2.24) is 5.43 Å². The molecule has 3 rings (SSSR count). The fourth-order valence-electron chi connectivity index (χ4n) is 2.88. The maximum Gasteiger partial charge on any atom is 0.271 e. The van der Waals surface area contributed by atoms with Gasteiger partial charge in [0.25, 0.3) is 5.91 Å². The van der Waals surface area contributed by atoms with Gasteiger partial charge in [0.05, 0.1) is 24.2 Å². The van der Waals surface area contributed by atoms with Gasteiger partial charge in [0.2, 0.25) is 10.0 Å². The molecule has 3 aromatic rings. The van der Waals surface area contributed by atoms with Crippen molar-refractivity contribution in [2.45, 2.75) is 13.5 Å². The molecular weight excluding hydrogens is 525 g/mol. The van der Waals surface area contributed by atoms with Crippen molar-refractivity contribution in [3.05, 3.63) is 99.1 Å². The van der Waals surface area contributed by atoms with Gasteiger partial charge in [-0.2, -0.15) is 5.10 Å². The molecule has 0 radical (unpaired) electrons. The molecule has 0 aromatic heterocycles. The van der Waals surface area contributed by atoms with Crippen LogP contribution in [0.2, 0.25) is 0 Å². The fraction of sp³-hybridized carbons (Fsp3) is 0.130. The van der Waals surface area contributed by atoms with Gasteiger partial charge in [0.15, 0.2) is 0 Å². The Morgan fingerprint density at radius 3 is 2.10 bits per heavy atom. The van der Waals surface area contributed by atoms with Crippen LogP contribution in [0, 0.1) is 3.57 Å². The van der Waals surface area contributed by atoms with E-state index in [0.29, 0.717) is 17.0 Å². The number of para-hydroxylation sites is 1.